The van der Waals surface area contributed by atoms with Crippen LogP contribution in [0.1, 0.15) is 28.0 Å². The number of carbonyl (C=O) groups is 1. The van der Waals surface area contributed by atoms with Crippen LogP contribution in [0.5, 0.6) is 0 Å². The summed E-state index contributed by atoms with van der Waals surface area (Å²) in [6.45, 7) is 1.04. The van der Waals surface area contributed by atoms with Gasteiger partial charge in [0.25, 0.3) is 0 Å². The summed E-state index contributed by atoms with van der Waals surface area (Å²) in [5, 5.41) is 0. The summed E-state index contributed by atoms with van der Waals surface area (Å²) in [4.78, 5) is 22.1. The van der Waals surface area contributed by atoms with E-state index in [0.717, 1.165) is 6.07 Å². The number of halogens is 3. The monoisotopic (exact) mass is 351 g/mol. The second-order valence-electron chi connectivity index (χ2n) is 5.82. The SMILES string of the molecule is Nc1ncccc1C(=O)c1nc(N2CCC(N)C2)ccc1C(F)(F)F. The Hall–Kier alpha value is -2.68. The molecule has 1 atom stereocenters. The lowest BCUT2D eigenvalue weighted by atomic mass is 10.0. The van der Waals surface area contributed by atoms with E-state index in [1.54, 1.807) is 4.90 Å². The fourth-order valence-electron chi connectivity index (χ4n) is 2.76. The number of nitrogens with zero attached hydrogens (tertiary/aromatic N) is 3. The number of rotatable bonds is 3. The number of hydrogen-bond donors (Lipinski definition) is 2. The van der Waals surface area contributed by atoms with Gasteiger partial charge in [-0.3, -0.25) is 4.79 Å². The third-order valence-electron chi connectivity index (χ3n) is 4.03. The molecule has 3 rings (SSSR count). The molecule has 0 aromatic carbocycles. The molecule has 0 saturated carbocycles. The first kappa shape index (κ1) is 17.2. The fraction of sp³-hybridized carbons (Fsp3) is 0.312. The molecular weight excluding hydrogens is 335 g/mol. The van der Waals surface area contributed by atoms with Gasteiger partial charge in [0.1, 0.15) is 17.3 Å². The molecule has 1 aliphatic heterocycles. The molecule has 132 valence electrons. The van der Waals surface area contributed by atoms with E-state index in [1.807, 2.05) is 0 Å². The van der Waals surface area contributed by atoms with Crippen LogP contribution in [-0.4, -0.2) is 34.9 Å². The van der Waals surface area contributed by atoms with Gasteiger partial charge in [0.15, 0.2) is 0 Å². The highest BCUT2D eigenvalue weighted by atomic mass is 19.4. The minimum atomic E-state index is -4.71. The largest absolute Gasteiger partial charge is 0.418 e. The van der Waals surface area contributed by atoms with E-state index in [-0.39, 0.29) is 23.2 Å². The number of hydrogen-bond acceptors (Lipinski definition) is 6. The summed E-state index contributed by atoms with van der Waals surface area (Å²) in [5.41, 5.74) is 9.55. The van der Waals surface area contributed by atoms with Gasteiger partial charge in [-0.15, -0.1) is 0 Å². The van der Waals surface area contributed by atoms with Gasteiger partial charge < -0.3 is 16.4 Å². The summed E-state index contributed by atoms with van der Waals surface area (Å²) in [7, 11) is 0. The minimum absolute atomic E-state index is 0.0720. The van der Waals surface area contributed by atoms with Gasteiger partial charge in [0, 0.05) is 25.3 Å². The quantitative estimate of drug-likeness (QED) is 0.819. The van der Waals surface area contributed by atoms with E-state index >= 15 is 0 Å². The maximum Gasteiger partial charge on any atom is 0.418 e. The van der Waals surface area contributed by atoms with Gasteiger partial charge in [0.05, 0.1) is 11.1 Å². The third kappa shape index (κ3) is 3.41. The van der Waals surface area contributed by atoms with Gasteiger partial charge in [-0.1, -0.05) is 0 Å². The first-order valence-corrected chi connectivity index (χ1v) is 7.61. The molecule has 4 N–H and O–H groups in total. The lowest BCUT2D eigenvalue weighted by Crippen LogP contribution is -2.28. The Balaban J connectivity index is 2.08. The number of anilines is 2. The molecule has 1 aliphatic rings. The van der Waals surface area contributed by atoms with Crippen LogP contribution >= 0.6 is 0 Å². The zero-order chi connectivity index (χ0) is 18.2. The van der Waals surface area contributed by atoms with Crippen LogP contribution < -0.4 is 16.4 Å². The lowest BCUT2D eigenvalue weighted by molar-refractivity contribution is -0.138. The average Bonchev–Trinajstić information content (AvgIpc) is 3.00. The Kier molecular flexibility index (Phi) is 4.34. The van der Waals surface area contributed by atoms with Crippen molar-refractivity contribution < 1.29 is 18.0 Å². The molecule has 6 nitrogen and oxygen atoms in total. The van der Waals surface area contributed by atoms with Gasteiger partial charge in [-0.05, 0) is 30.7 Å². The normalized spacial score (nSPS) is 17.8. The maximum absolute atomic E-state index is 13.3. The van der Waals surface area contributed by atoms with Crippen molar-refractivity contribution >= 4 is 17.4 Å². The number of nitrogen functional groups attached to an aromatic ring is 1. The maximum atomic E-state index is 13.3. The van der Waals surface area contributed by atoms with Crippen molar-refractivity contribution in [2.45, 2.75) is 18.6 Å². The van der Waals surface area contributed by atoms with Gasteiger partial charge >= 0.3 is 6.18 Å². The first-order valence-electron chi connectivity index (χ1n) is 7.61. The number of carbonyl (C=O) groups excluding carboxylic acids is 1. The molecule has 0 radical (unpaired) electrons. The first-order chi connectivity index (χ1) is 11.8. The molecule has 0 bridgehead atoms. The van der Waals surface area contributed by atoms with E-state index < -0.39 is 23.2 Å². The molecule has 2 aromatic rings. The summed E-state index contributed by atoms with van der Waals surface area (Å²) in [6.07, 6.45) is -2.65. The number of ketones is 1. The molecule has 9 heteroatoms. The van der Waals surface area contributed by atoms with Gasteiger partial charge in [0.2, 0.25) is 5.78 Å². The predicted molar refractivity (Wildman–Crippen MR) is 86.1 cm³/mol. The fourth-order valence-corrected chi connectivity index (χ4v) is 2.76. The highest BCUT2D eigenvalue weighted by molar-refractivity contribution is 6.11. The van der Waals surface area contributed by atoms with Gasteiger partial charge in [-0.25, -0.2) is 9.97 Å². The zero-order valence-corrected chi connectivity index (χ0v) is 13.1. The van der Waals surface area contributed by atoms with Crippen molar-refractivity contribution in [1.29, 1.82) is 0 Å². The smallest absolute Gasteiger partial charge is 0.383 e. The Labute approximate surface area is 141 Å². The molecule has 1 fully saturated rings. The molecule has 0 spiro atoms. The molecule has 0 aliphatic carbocycles. The number of aromatic nitrogens is 2. The number of pyridine rings is 2. The minimum Gasteiger partial charge on any atom is -0.383 e. The van der Waals surface area contributed by atoms with Crippen molar-refractivity contribution in [3.05, 3.63) is 47.3 Å². The Morgan fingerprint density at radius 2 is 2.04 bits per heavy atom. The lowest BCUT2D eigenvalue weighted by Gasteiger charge is -2.19. The van der Waals surface area contributed by atoms with E-state index in [1.165, 1.54) is 24.4 Å². The van der Waals surface area contributed by atoms with Crippen LogP contribution in [0, 0.1) is 0 Å². The van der Waals surface area contributed by atoms with Crippen molar-refractivity contribution in [2.75, 3.05) is 23.7 Å². The average molecular weight is 351 g/mol. The highest BCUT2D eigenvalue weighted by Crippen LogP contribution is 2.34. The Morgan fingerprint density at radius 3 is 2.64 bits per heavy atom. The van der Waals surface area contributed by atoms with E-state index in [9.17, 15) is 18.0 Å². The summed E-state index contributed by atoms with van der Waals surface area (Å²) < 4.78 is 40.0. The van der Waals surface area contributed by atoms with Crippen LogP contribution in [0.25, 0.3) is 0 Å². The molecule has 25 heavy (non-hydrogen) atoms. The molecule has 0 amide bonds. The van der Waals surface area contributed by atoms with Crippen LogP contribution in [0.2, 0.25) is 0 Å². The number of nitrogens with two attached hydrogens (primary N) is 2. The molecule has 2 aromatic heterocycles. The molecule has 3 heterocycles. The van der Waals surface area contributed by atoms with Crippen LogP contribution in [0.15, 0.2) is 30.5 Å². The molecule has 1 unspecified atom stereocenters. The van der Waals surface area contributed by atoms with Crippen LogP contribution in [0.3, 0.4) is 0 Å². The van der Waals surface area contributed by atoms with E-state index in [0.29, 0.717) is 19.5 Å². The van der Waals surface area contributed by atoms with Crippen molar-refractivity contribution in [2.24, 2.45) is 5.73 Å². The van der Waals surface area contributed by atoms with Crippen molar-refractivity contribution in [3.8, 4) is 0 Å². The summed E-state index contributed by atoms with van der Waals surface area (Å²) in [5.74, 6) is -0.772. The molecular formula is C16H16F3N5O. The zero-order valence-electron chi connectivity index (χ0n) is 13.1. The van der Waals surface area contributed by atoms with Crippen LogP contribution in [0.4, 0.5) is 24.8 Å². The summed E-state index contributed by atoms with van der Waals surface area (Å²) in [6, 6.07) is 4.80. The third-order valence-corrected chi connectivity index (χ3v) is 4.03. The topological polar surface area (TPSA) is 98.1 Å². The Morgan fingerprint density at radius 1 is 1.28 bits per heavy atom. The van der Waals surface area contributed by atoms with Crippen molar-refractivity contribution in [1.82, 2.24) is 9.97 Å². The number of alkyl halides is 3. The van der Waals surface area contributed by atoms with E-state index in [4.69, 9.17) is 11.5 Å². The Bertz CT molecular complexity index is 809. The molecule has 1 saturated heterocycles. The van der Waals surface area contributed by atoms with Crippen LogP contribution in [-0.2, 0) is 6.18 Å². The second kappa shape index (κ2) is 6.32. The highest BCUT2D eigenvalue weighted by Gasteiger charge is 2.37. The van der Waals surface area contributed by atoms with E-state index in [2.05, 4.69) is 9.97 Å². The summed E-state index contributed by atoms with van der Waals surface area (Å²) >= 11 is 0. The van der Waals surface area contributed by atoms with Crippen molar-refractivity contribution in [3.63, 3.8) is 0 Å². The second-order valence-corrected chi connectivity index (χ2v) is 5.82. The predicted octanol–water partition coefficient (Wildman–Crippen LogP) is 1.85. The van der Waals surface area contributed by atoms with Gasteiger partial charge in [-0.2, -0.15) is 13.2 Å². The standard InChI is InChI=1S/C16H16F3N5O/c17-16(18,19)11-3-4-12(24-7-5-9(20)8-24)23-13(11)14(25)10-2-1-6-22-15(10)21/h1-4,6,9H,5,7-8,20H2,(H2,21,22).